The Labute approximate surface area is 137 Å². The third kappa shape index (κ3) is 3.18. The van der Waals surface area contributed by atoms with Gasteiger partial charge >= 0.3 is 0 Å². The van der Waals surface area contributed by atoms with Crippen LogP contribution in [0.1, 0.15) is 22.3 Å². The predicted molar refractivity (Wildman–Crippen MR) is 88.2 cm³/mol. The van der Waals surface area contributed by atoms with E-state index in [9.17, 15) is 4.79 Å². The van der Waals surface area contributed by atoms with Crippen LogP contribution in [-0.2, 0) is 6.54 Å². The number of carbonyl (C=O) groups is 1. The Bertz CT molecular complexity index is 646. The lowest BCUT2D eigenvalue weighted by Gasteiger charge is -2.26. The number of fused-ring (bicyclic) bond motifs is 1. The van der Waals surface area contributed by atoms with Gasteiger partial charge in [-0.15, -0.1) is 0 Å². The Hall–Kier alpha value is -1.63. The fourth-order valence-electron chi connectivity index (χ4n) is 2.36. The second-order valence-electron chi connectivity index (χ2n) is 4.89. The molecule has 3 rings (SSSR count). The monoisotopic (exact) mass is 394 g/mol. The maximum Gasteiger partial charge on any atom is 0.260 e. The molecular formula is C16H15IN2O2. The first-order chi connectivity index (χ1) is 10.3. The molecule has 0 bridgehead atoms. The number of pyridine rings is 1. The van der Waals surface area contributed by atoms with Gasteiger partial charge < -0.3 is 9.64 Å². The average molecular weight is 394 g/mol. The van der Waals surface area contributed by atoms with Crippen molar-refractivity contribution in [3.63, 3.8) is 0 Å². The van der Waals surface area contributed by atoms with Gasteiger partial charge in [-0.05, 0) is 40.6 Å². The average Bonchev–Trinajstić information content (AvgIpc) is 2.49. The zero-order valence-corrected chi connectivity index (χ0v) is 13.6. The highest BCUT2D eigenvalue weighted by Crippen LogP contribution is 2.25. The van der Waals surface area contributed by atoms with Gasteiger partial charge in [-0.3, -0.25) is 4.79 Å². The molecule has 0 spiro atoms. The summed E-state index contributed by atoms with van der Waals surface area (Å²) in [6.07, 6.45) is 2.49. The van der Waals surface area contributed by atoms with Crippen molar-refractivity contribution in [3.05, 3.63) is 57.3 Å². The molecule has 4 nitrogen and oxygen atoms in total. The van der Waals surface area contributed by atoms with Crippen LogP contribution in [0, 0.1) is 3.57 Å². The van der Waals surface area contributed by atoms with Crippen LogP contribution in [0.3, 0.4) is 0 Å². The van der Waals surface area contributed by atoms with Gasteiger partial charge in [-0.2, -0.15) is 0 Å². The van der Waals surface area contributed by atoms with Crippen LogP contribution in [0.5, 0.6) is 5.88 Å². The van der Waals surface area contributed by atoms with Gasteiger partial charge in [0.1, 0.15) is 5.56 Å². The van der Waals surface area contributed by atoms with Gasteiger partial charge in [0.05, 0.1) is 6.61 Å². The fourth-order valence-corrected chi connectivity index (χ4v) is 2.98. The fraction of sp³-hybridized carbons (Fsp3) is 0.250. The molecule has 0 radical (unpaired) electrons. The maximum absolute atomic E-state index is 12.8. The van der Waals surface area contributed by atoms with E-state index in [4.69, 9.17) is 4.74 Å². The van der Waals surface area contributed by atoms with Gasteiger partial charge in [0.15, 0.2) is 0 Å². The lowest BCUT2D eigenvalue weighted by Crippen LogP contribution is -2.35. The van der Waals surface area contributed by atoms with Crippen LogP contribution in [0.25, 0.3) is 0 Å². The van der Waals surface area contributed by atoms with Crippen molar-refractivity contribution in [2.45, 2.75) is 13.0 Å². The second-order valence-corrected chi connectivity index (χ2v) is 6.05. The number of halogens is 1. The first-order valence-corrected chi connectivity index (χ1v) is 7.94. The third-order valence-corrected chi connectivity index (χ3v) is 4.29. The second kappa shape index (κ2) is 6.43. The Balaban J connectivity index is 1.92. The van der Waals surface area contributed by atoms with Crippen molar-refractivity contribution >= 4 is 28.5 Å². The number of benzene rings is 1. The molecule has 1 aliphatic rings. The van der Waals surface area contributed by atoms with Crippen LogP contribution >= 0.6 is 22.6 Å². The number of nitrogens with zero attached hydrogens (tertiary/aromatic N) is 2. The molecule has 0 unspecified atom stereocenters. The van der Waals surface area contributed by atoms with Crippen molar-refractivity contribution in [2.75, 3.05) is 13.2 Å². The van der Waals surface area contributed by atoms with E-state index in [0.29, 0.717) is 31.1 Å². The number of amides is 1. The van der Waals surface area contributed by atoms with Crippen molar-refractivity contribution < 1.29 is 9.53 Å². The molecule has 5 heteroatoms. The summed E-state index contributed by atoms with van der Waals surface area (Å²) in [4.78, 5) is 18.9. The third-order valence-electron chi connectivity index (χ3n) is 3.39. The van der Waals surface area contributed by atoms with Crippen LogP contribution < -0.4 is 4.74 Å². The summed E-state index contributed by atoms with van der Waals surface area (Å²) in [6, 6.07) is 11.9. The standard InChI is InChI=1S/C16H15IN2O2/c17-13-7-8-18-15-14(13)16(20)19(9-4-10-21-15)11-12-5-2-1-3-6-12/h1-3,5-8H,4,9-11H2. The van der Waals surface area contributed by atoms with Crippen molar-refractivity contribution in [1.82, 2.24) is 9.88 Å². The molecule has 2 heterocycles. The number of rotatable bonds is 2. The molecule has 1 aromatic carbocycles. The molecule has 0 saturated heterocycles. The molecule has 0 saturated carbocycles. The molecule has 21 heavy (non-hydrogen) atoms. The maximum atomic E-state index is 12.8. The van der Waals surface area contributed by atoms with E-state index in [1.165, 1.54) is 0 Å². The zero-order valence-electron chi connectivity index (χ0n) is 11.5. The zero-order chi connectivity index (χ0) is 14.7. The Morgan fingerprint density at radius 1 is 1.24 bits per heavy atom. The van der Waals surface area contributed by atoms with E-state index >= 15 is 0 Å². The molecule has 0 atom stereocenters. The Morgan fingerprint density at radius 3 is 2.86 bits per heavy atom. The van der Waals surface area contributed by atoms with Gasteiger partial charge in [-0.25, -0.2) is 4.98 Å². The quantitative estimate of drug-likeness (QED) is 0.736. The summed E-state index contributed by atoms with van der Waals surface area (Å²) in [6.45, 7) is 1.89. The highest BCUT2D eigenvalue weighted by molar-refractivity contribution is 14.1. The summed E-state index contributed by atoms with van der Waals surface area (Å²) in [5.41, 5.74) is 1.71. The molecule has 0 fully saturated rings. The van der Waals surface area contributed by atoms with Gasteiger partial charge in [-0.1, -0.05) is 30.3 Å². The predicted octanol–water partition coefficient (Wildman–Crippen LogP) is 3.11. The van der Waals surface area contributed by atoms with E-state index in [1.807, 2.05) is 41.3 Å². The van der Waals surface area contributed by atoms with Crippen molar-refractivity contribution in [2.24, 2.45) is 0 Å². The minimum atomic E-state index is -0.00828. The summed E-state index contributed by atoms with van der Waals surface area (Å²) in [5, 5.41) is 0. The first kappa shape index (κ1) is 14.3. The summed E-state index contributed by atoms with van der Waals surface area (Å²) >= 11 is 2.16. The normalized spacial score (nSPS) is 14.9. The minimum Gasteiger partial charge on any atom is -0.477 e. The van der Waals surface area contributed by atoms with E-state index in [-0.39, 0.29) is 5.91 Å². The van der Waals surface area contributed by atoms with Crippen LogP contribution in [0.2, 0.25) is 0 Å². The molecule has 1 aliphatic heterocycles. The van der Waals surface area contributed by atoms with Crippen LogP contribution in [-0.4, -0.2) is 28.9 Å². The van der Waals surface area contributed by atoms with Gasteiger partial charge in [0, 0.05) is 22.9 Å². The van der Waals surface area contributed by atoms with Gasteiger partial charge in [0.25, 0.3) is 5.91 Å². The topological polar surface area (TPSA) is 42.4 Å². The molecule has 1 amide bonds. The largest absolute Gasteiger partial charge is 0.477 e. The molecule has 1 aromatic heterocycles. The lowest BCUT2D eigenvalue weighted by atomic mass is 10.1. The van der Waals surface area contributed by atoms with Crippen LogP contribution in [0.15, 0.2) is 42.6 Å². The summed E-state index contributed by atoms with van der Waals surface area (Å²) in [7, 11) is 0. The molecule has 0 aliphatic carbocycles. The van der Waals surface area contributed by atoms with E-state index < -0.39 is 0 Å². The smallest absolute Gasteiger partial charge is 0.260 e. The highest BCUT2D eigenvalue weighted by atomic mass is 127. The molecule has 2 aromatic rings. The van der Waals surface area contributed by atoms with E-state index in [2.05, 4.69) is 27.6 Å². The molecule has 108 valence electrons. The van der Waals surface area contributed by atoms with Crippen molar-refractivity contribution in [3.8, 4) is 5.88 Å². The Morgan fingerprint density at radius 2 is 2.05 bits per heavy atom. The molecule has 0 N–H and O–H groups in total. The van der Waals surface area contributed by atoms with Crippen molar-refractivity contribution in [1.29, 1.82) is 0 Å². The molecular weight excluding hydrogens is 379 g/mol. The Kier molecular flexibility index (Phi) is 4.38. The van der Waals surface area contributed by atoms with E-state index in [0.717, 1.165) is 15.6 Å². The number of carbonyl (C=O) groups excluding carboxylic acids is 1. The first-order valence-electron chi connectivity index (χ1n) is 6.86. The van der Waals surface area contributed by atoms with E-state index in [1.54, 1.807) is 6.20 Å². The SMILES string of the molecule is O=C1c2c(I)ccnc2OCCCN1Cc1ccccc1. The lowest BCUT2D eigenvalue weighted by molar-refractivity contribution is 0.0709. The number of aromatic nitrogens is 1. The summed E-state index contributed by atoms with van der Waals surface area (Å²) < 4.78 is 6.49. The summed E-state index contributed by atoms with van der Waals surface area (Å²) in [5.74, 6) is 0.440. The number of hydrogen-bond acceptors (Lipinski definition) is 3. The minimum absolute atomic E-state index is 0.00828. The number of hydrogen-bond donors (Lipinski definition) is 0. The number of ether oxygens (including phenoxy) is 1. The van der Waals surface area contributed by atoms with Crippen LogP contribution in [0.4, 0.5) is 0 Å². The van der Waals surface area contributed by atoms with Gasteiger partial charge in [0.2, 0.25) is 5.88 Å². The highest BCUT2D eigenvalue weighted by Gasteiger charge is 2.25.